The average molecular weight is 303 g/mol. The van der Waals surface area contributed by atoms with Gasteiger partial charge in [-0.25, -0.2) is 4.39 Å². The molecule has 0 radical (unpaired) electrons. The first-order chi connectivity index (χ1) is 10.6. The van der Waals surface area contributed by atoms with E-state index in [2.05, 4.69) is 10.2 Å². The number of nitrogens with one attached hydrogen (secondary N) is 1. The lowest BCUT2D eigenvalue weighted by Crippen LogP contribution is -2.30. The molecule has 3 rings (SSSR count). The number of benzene rings is 1. The molecule has 116 valence electrons. The van der Waals surface area contributed by atoms with Crippen LogP contribution < -0.4 is 16.0 Å². The Morgan fingerprint density at radius 2 is 1.95 bits per heavy atom. The molecule has 0 aliphatic carbocycles. The third kappa shape index (κ3) is 3.05. The number of furan rings is 1. The smallest absolute Gasteiger partial charge is 0.291 e. The van der Waals surface area contributed by atoms with Crippen molar-refractivity contribution in [2.45, 2.75) is 19.3 Å². The third-order valence-electron chi connectivity index (χ3n) is 3.76. The highest BCUT2D eigenvalue weighted by molar-refractivity contribution is 6.04. The summed E-state index contributed by atoms with van der Waals surface area (Å²) in [5.74, 6) is -0.408. The Hall–Kier alpha value is -2.50. The Morgan fingerprint density at radius 3 is 2.64 bits per heavy atom. The van der Waals surface area contributed by atoms with E-state index in [0.717, 1.165) is 25.9 Å². The maximum absolute atomic E-state index is 13.6. The van der Waals surface area contributed by atoms with Gasteiger partial charge in [0.1, 0.15) is 5.82 Å². The van der Waals surface area contributed by atoms with Gasteiger partial charge >= 0.3 is 0 Å². The second kappa shape index (κ2) is 6.09. The van der Waals surface area contributed by atoms with Crippen LogP contribution in [-0.4, -0.2) is 19.0 Å². The molecule has 0 spiro atoms. The Kier molecular flexibility index (Phi) is 4.00. The summed E-state index contributed by atoms with van der Waals surface area (Å²) in [6, 6.07) is 7.39. The summed E-state index contributed by atoms with van der Waals surface area (Å²) in [4.78, 5) is 14.3. The summed E-state index contributed by atoms with van der Waals surface area (Å²) in [6.45, 7) is 1.72. The van der Waals surface area contributed by atoms with Crippen molar-refractivity contribution >= 4 is 23.2 Å². The third-order valence-corrected chi connectivity index (χ3v) is 3.76. The Labute approximate surface area is 127 Å². The highest BCUT2D eigenvalue weighted by atomic mass is 19.1. The van der Waals surface area contributed by atoms with Crippen molar-refractivity contribution in [3.05, 3.63) is 41.9 Å². The molecule has 1 aliphatic heterocycles. The molecule has 5 nitrogen and oxygen atoms in total. The number of hydrogen-bond acceptors (Lipinski definition) is 4. The fraction of sp³-hybridized carbons (Fsp3) is 0.312. The van der Waals surface area contributed by atoms with E-state index in [9.17, 15) is 9.18 Å². The van der Waals surface area contributed by atoms with Crippen LogP contribution in [0.4, 0.5) is 21.6 Å². The van der Waals surface area contributed by atoms with Gasteiger partial charge in [-0.2, -0.15) is 0 Å². The molecule has 1 saturated heterocycles. The lowest BCUT2D eigenvalue weighted by molar-refractivity contribution is 0.0997. The number of carbonyl (C=O) groups is 1. The molecule has 1 aliphatic rings. The van der Waals surface area contributed by atoms with Gasteiger partial charge in [-0.05, 0) is 43.5 Å². The van der Waals surface area contributed by atoms with Crippen LogP contribution in [0.3, 0.4) is 0 Å². The SMILES string of the molecule is Nc1ccc(C(=O)Nc2ccc(F)cc2N2CCCCC2)o1. The molecule has 0 unspecified atom stereocenters. The number of anilines is 3. The van der Waals surface area contributed by atoms with Crippen LogP contribution in [0.15, 0.2) is 34.7 Å². The lowest BCUT2D eigenvalue weighted by atomic mass is 10.1. The molecule has 1 amide bonds. The van der Waals surface area contributed by atoms with Crippen molar-refractivity contribution in [1.29, 1.82) is 0 Å². The summed E-state index contributed by atoms with van der Waals surface area (Å²) in [7, 11) is 0. The Morgan fingerprint density at radius 1 is 1.18 bits per heavy atom. The van der Waals surface area contributed by atoms with Crippen molar-refractivity contribution in [2.24, 2.45) is 0 Å². The van der Waals surface area contributed by atoms with Crippen molar-refractivity contribution in [1.82, 2.24) is 0 Å². The number of rotatable bonds is 3. The van der Waals surface area contributed by atoms with Crippen LogP contribution in [0, 0.1) is 5.82 Å². The first-order valence-electron chi connectivity index (χ1n) is 7.34. The minimum Gasteiger partial charge on any atom is -0.436 e. The number of nitrogens with two attached hydrogens (primary N) is 1. The van der Waals surface area contributed by atoms with Crippen molar-refractivity contribution in [2.75, 3.05) is 29.0 Å². The molecule has 0 bridgehead atoms. The summed E-state index contributed by atoms with van der Waals surface area (Å²) in [6.07, 6.45) is 3.32. The van der Waals surface area contributed by atoms with Crippen molar-refractivity contribution in [3.63, 3.8) is 0 Å². The van der Waals surface area contributed by atoms with Gasteiger partial charge in [0.25, 0.3) is 5.91 Å². The van der Waals surface area contributed by atoms with Gasteiger partial charge in [0.05, 0.1) is 11.4 Å². The number of amides is 1. The first-order valence-corrected chi connectivity index (χ1v) is 7.34. The molecule has 2 aromatic rings. The zero-order valence-electron chi connectivity index (χ0n) is 12.1. The van der Waals surface area contributed by atoms with Crippen LogP contribution in [-0.2, 0) is 0 Å². The molecule has 22 heavy (non-hydrogen) atoms. The number of piperidine rings is 1. The number of hydrogen-bond donors (Lipinski definition) is 2. The standard InChI is InChI=1S/C16H18FN3O2/c17-11-4-5-12(13(10-11)20-8-2-1-3-9-20)19-16(21)14-6-7-15(18)22-14/h4-7,10H,1-3,8-9,18H2,(H,19,21). The number of nitrogens with zero attached hydrogens (tertiary/aromatic N) is 1. The molecule has 1 aromatic heterocycles. The van der Waals surface area contributed by atoms with E-state index < -0.39 is 5.91 Å². The van der Waals surface area contributed by atoms with E-state index in [4.69, 9.17) is 10.2 Å². The molecule has 1 aromatic carbocycles. The van der Waals surface area contributed by atoms with Crippen LogP contribution in [0.25, 0.3) is 0 Å². The molecule has 0 atom stereocenters. The van der Waals surface area contributed by atoms with Gasteiger partial charge in [-0.1, -0.05) is 0 Å². The fourth-order valence-electron chi connectivity index (χ4n) is 2.67. The van der Waals surface area contributed by atoms with Gasteiger partial charge in [-0.3, -0.25) is 4.79 Å². The zero-order chi connectivity index (χ0) is 15.5. The summed E-state index contributed by atoms with van der Waals surface area (Å²) >= 11 is 0. The fourth-order valence-corrected chi connectivity index (χ4v) is 2.67. The quantitative estimate of drug-likeness (QED) is 0.913. The second-order valence-electron chi connectivity index (χ2n) is 5.37. The summed E-state index contributed by atoms with van der Waals surface area (Å²) < 4.78 is 18.7. The molecule has 2 heterocycles. The van der Waals surface area contributed by atoms with E-state index in [-0.39, 0.29) is 17.5 Å². The van der Waals surface area contributed by atoms with Crippen molar-refractivity contribution in [3.8, 4) is 0 Å². The second-order valence-corrected chi connectivity index (χ2v) is 5.37. The largest absolute Gasteiger partial charge is 0.436 e. The van der Waals surface area contributed by atoms with Crippen LogP contribution in [0.5, 0.6) is 0 Å². The summed E-state index contributed by atoms with van der Waals surface area (Å²) in [5, 5.41) is 2.77. The zero-order valence-corrected chi connectivity index (χ0v) is 12.1. The van der Waals surface area contributed by atoms with Crippen LogP contribution in [0.2, 0.25) is 0 Å². The van der Waals surface area contributed by atoms with E-state index in [1.807, 2.05) is 0 Å². The predicted octanol–water partition coefficient (Wildman–Crippen LogP) is 3.24. The van der Waals surface area contributed by atoms with E-state index in [0.29, 0.717) is 11.4 Å². The number of halogens is 1. The first kappa shape index (κ1) is 14.4. The van der Waals surface area contributed by atoms with Gasteiger partial charge in [0, 0.05) is 19.2 Å². The average Bonchev–Trinajstić information content (AvgIpc) is 2.96. The van der Waals surface area contributed by atoms with Crippen LogP contribution in [0.1, 0.15) is 29.8 Å². The van der Waals surface area contributed by atoms with Crippen LogP contribution >= 0.6 is 0 Å². The molecule has 0 saturated carbocycles. The maximum atomic E-state index is 13.6. The number of nitrogen functional groups attached to an aromatic ring is 1. The monoisotopic (exact) mass is 303 g/mol. The highest BCUT2D eigenvalue weighted by Crippen LogP contribution is 2.30. The highest BCUT2D eigenvalue weighted by Gasteiger charge is 2.18. The Bertz CT molecular complexity index is 678. The van der Waals surface area contributed by atoms with Crippen molar-refractivity contribution < 1.29 is 13.6 Å². The molecule has 1 fully saturated rings. The van der Waals surface area contributed by atoms with E-state index >= 15 is 0 Å². The normalized spacial score (nSPS) is 14.9. The summed E-state index contributed by atoms with van der Waals surface area (Å²) in [5.41, 5.74) is 6.75. The lowest BCUT2D eigenvalue weighted by Gasteiger charge is -2.30. The predicted molar refractivity (Wildman–Crippen MR) is 83.5 cm³/mol. The molecular formula is C16H18FN3O2. The van der Waals surface area contributed by atoms with Gasteiger partial charge in [0.2, 0.25) is 0 Å². The molecular weight excluding hydrogens is 285 g/mol. The molecule has 3 N–H and O–H groups in total. The minimum absolute atomic E-state index is 0.131. The number of carbonyl (C=O) groups excluding carboxylic acids is 1. The van der Waals surface area contributed by atoms with E-state index in [1.54, 1.807) is 6.07 Å². The van der Waals surface area contributed by atoms with E-state index in [1.165, 1.54) is 30.7 Å². The topological polar surface area (TPSA) is 71.5 Å². The van der Waals surface area contributed by atoms with Gasteiger partial charge in [0.15, 0.2) is 11.6 Å². The van der Waals surface area contributed by atoms with Gasteiger partial charge < -0.3 is 20.4 Å². The minimum atomic E-state index is -0.401. The molecule has 6 heteroatoms. The van der Waals surface area contributed by atoms with Gasteiger partial charge in [-0.15, -0.1) is 0 Å². The Balaban J connectivity index is 1.84. The maximum Gasteiger partial charge on any atom is 0.291 e.